The first-order chi connectivity index (χ1) is 10.6. The summed E-state index contributed by atoms with van der Waals surface area (Å²) in [6, 6.07) is 20.7. The molecule has 0 heterocycles. The molecule has 0 aromatic heterocycles. The number of rotatable bonds is 4. The van der Waals surface area contributed by atoms with Crippen LogP contribution in [-0.4, -0.2) is 30.1 Å². The van der Waals surface area contributed by atoms with Crippen molar-refractivity contribution in [3.63, 3.8) is 0 Å². The lowest BCUT2D eigenvalue weighted by Crippen LogP contribution is -2.45. The summed E-state index contributed by atoms with van der Waals surface area (Å²) >= 11 is 0. The molecule has 2 aromatic carbocycles. The third kappa shape index (κ3) is 2.57. The normalized spacial score (nSPS) is 22.2. The van der Waals surface area contributed by atoms with Crippen molar-refractivity contribution in [2.24, 2.45) is 5.92 Å². The van der Waals surface area contributed by atoms with Crippen LogP contribution in [0.2, 0.25) is 0 Å². The third-order valence-corrected chi connectivity index (χ3v) is 5.11. The average molecular weight is 295 g/mol. The number of hydrogen-bond acceptors (Lipinski definition) is 2. The quantitative estimate of drug-likeness (QED) is 0.930. The summed E-state index contributed by atoms with van der Waals surface area (Å²) in [6.45, 7) is 0. The highest BCUT2D eigenvalue weighted by molar-refractivity contribution is 5.37. The molecule has 0 radical (unpaired) electrons. The zero-order valence-electron chi connectivity index (χ0n) is 13.4. The zero-order chi connectivity index (χ0) is 15.6. The fraction of sp³-hybridized carbons (Fsp3) is 0.400. The maximum atomic E-state index is 11.8. The molecule has 1 aliphatic rings. The second-order valence-electron chi connectivity index (χ2n) is 6.57. The Morgan fingerprint density at radius 3 is 1.82 bits per heavy atom. The highest BCUT2D eigenvalue weighted by atomic mass is 16.3. The molecule has 2 nitrogen and oxygen atoms in total. The second-order valence-corrected chi connectivity index (χ2v) is 6.57. The van der Waals surface area contributed by atoms with Gasteiger partial charge in [0.2, 0.25) is 0 Å². The van der Waals surface area contributed by atoms with Crippen molar-refractivity contribution in [1.29, 1.82) is 0 Å². The Kier molecular flexibility index (Phi) is 4.32. The lowest BCUT2D eigenvalue weighted by molar-refractivity contribution is -0.00931. The first kappa shape index (κ1) is 15.3. The van der Waals surface area contributed by atoms with Crippen LogP contribution in [0.4, 0.5) is 0 Å². The van der Waals surface area contributed by atoms with Gasteiger partial charge in [0.15, 0.2) is 0 Å². The Balaban J connectivity index is 2.12. The largest absolute Gasteiger partial charge is 0.380 e. The lowest BCUT2D eigenvalue weighted by atomic mass is 9.73. The van der Waals surface area contributed by atoms with Gasteiger partial charge in [-0.15, -0.1) is 0 Å². The van der Waals surface area contributed by atoms with Crippen LogP contribution in [0.25, 0.3) is 0 Å². The molecular weight excluding hydrogens is 270 g/mol. The molecule has 22 heavy (non-hydrogen) atoms. The van der Waals surface area contributed by atoms with Gasteiger partial charge in [0.05, 0.1) is 0 Å². The van der Waals surface area contributed by atoms with E-state index in [1.54, 1.807) is 0 Å². The molecule has 116 valence electrons. The minimum atomic E-state index is -0.923. The van der Waals surface area contributed by atoms with Crippen molar-refractivity contribution in [1.82, 2.24) is 4.90 Å². The van der Waals surface area contributed by atoms with Gasteiger partial charge < -0.3 is 10.0 Å². The Morgan fingerprint density at radius 2 is 1.36 bits per heavy atom. The monoisotopic (exact) mass is 295 g/mol. The van der Waals surface area contributed by atoms with E-state index in [0.29, 0.717) is 6.04 Å². The Hall–Kier alpha value is -1.64. The maximum absolute atomic E-state index is 11.8. The van der Waals surface area contributed by atoms with Crippen LogP contribution >= 0.6 is 0 Å². The van der Waals surface area contributed by atoms with Crippen LogP contribution in [0.15, 0.2) is 60.7 Å². The predicted octanol–water partition coefficient (Wildman–Crippen LogP) is 3.65. The smallest absolute Gasteiger partial charge is 0.119 e. The Morgan fingerprint density at radius 1 is 0.864 bits per heavy atom. The molecule has 0 saturated heterocycles. The molecule has 0 spiro atoms. The van der Waals surface area contributed by atoms with Gasteiger partial charge in [-0.05, 0) is 38.1 Å². The van der Waals surface area contributed by atoms with Gasteiger partial charge in [0.25, 0.3) is 0 Å². The van der Waals surface area contributed by atoms with Crippen LogP contribution in [0.1, 0.15) is 30.4 Å². The van der Waals surface area contributed by atoms with Crippen LogP contribution < -0.4 is 0 Å². The lowest BCUT2D eigenvalue weighted by Gasteiger charge is -2.40. The minimum absolute atomic E-state index is 0.215. The summed E-state index contributed by atoms with van der Waals surface area (Å²) in [5.41, 5.74) is 1.08. The fourth-order valence-electron chi connectivity index (χ4n) is 4.03. The van der Waals surface area contributed by atoms with E-state index in [-0.39, 0.29) is 5.92 Å². The Labute approximate surface area is 133 Å². The van der Waals surface area contributed by atoms with Gasteiger partial charge in [0.1, 0.15) is 5.60 Å². The van der Waals surface area contributed by atoms with E-state index in [1.807, 2.05) is 36.4 Å². The van der Waals surface area contributed by atoms with E-state index in [1.165, 1.54) is 6.42 Å². The van der Waals surface area contributed by atoms with E-state index < -0.39 is 5.60 Å². The van der Waals surface area contributed by atoms with Crippen molar-refractivity contribution in [3.05, 3.63) is 71.8 Å². The van der Waals surface area contributed by atoms with E-state index in [2.05, 4.69) is 43.3 Å². The van der Waals surface area contributed by atoms with Crippen molar-refractivity contribution >= 4 is 0 Å². The molecule has 1 fully saturated rings. The highest BCUT2D eigenvalue weighted by Crippen LogP contribution is 2.46. The van der Waals surface area contributed by atoms with Crippen LogP contribution in [0, 0.1) is 5.92 Å². The standard InChI is InChI=1S/C20H25NO/c1-21(2)19-15-9-14-18(19)20(22,16-10-5-3-6-11-16)17-12-7-4-8-13-17/h3-8,10-13,18-19,22H,9,14-15H2,1-2H3. The summed E-state index contributed by atoms with van der Waals surface area (Å²) in [5, 5.41) is 11.8. The molecular formula is C20H25NO. The maximum Gasteiger partial charge on any atom is 0.119 e. The topological polar surface area (TPSA) is 23.5 Å². The number of aliphatic hydroxyl groups is 1. The molecule has 0 bridgehead atoms. The number of hydrogen-bond donors (Lipinski definition) is 1. The molecule has 1 aliphatic carbocycles. The van der Waals surface area contributed by atoms with Crippen LogP contribution in [0.5, 0.6) is 0 Å². The fourth-order valence-corrected chi connectivity index (χ4v) is 4.03. The summed E-state index contributed by atoms with van der Waals surface area (Å²) in [5.74, 6) is 0.215. The highest BCUT2D eigenvalue weighted by Gasteiger charge is 2.46. The molecule has 1 N–H and O–H groups in total. The molecule has 2 heteroatoms. The molecule has 2 atom stereocenters. The number of nitrogens with zero attached hydrogens (tertiary/aromatic N) is 1. The van der Waals surface area contributed by atoms with Crippen molar-refractivity contribution in [2.45, 2.75) is 30.9 Å². The minimum Gasteiger partial charge on any atom is -0.380 e. The van der Waals surface area contributed by atoms with Gasteiger partial charge in [-0.1, -0.05) is 67.1 Å². The number of benzene rings is 2. The van der Waals surface area contributed by atoms with E-state index in [0.717, 1.165) is 24.0 Å². The molecule has 0 aliphatic heterocycles. The molecule has 2 unspecified atom stereocenters. The van der Waals surface area contributed by atoms with Crippen LogP contribution in [-0.2, 0) is 5.60 Å². The predicted molar refractivity (Wildman–Crippen MR) is 90.7 cm³/mol. The SMILES string of the molecule is CN(C)C1CCCC1C(O)(c1ccccc1)c1ccccc1. The van der Waals surface area contributed by atoms with Crippen LogP contribution in [0.3, 0.4) is 0 Å². The van der Waals surface area contributed by atoms with Crippen molar-refractivity contribution in [2.75, 3.05) is 14.1 Å². The molecule has 0 amide bonds. The van der Waals surface area contributed by atoms with Gasteiger partial charge in [-0.3, -0.25) is 0 Å². The Bertz CT molecular complexity index is 554. The van der Waals surface area contributed by atoms with E-state index in [4.69, 9.17) is 0 Å². The second kappa shape index (κ2) is 6.23. The third-order valence-electron chi connectivity index (χ3n) is 5.11. The van der Waals surface area contributed by atoms with Gasteiger partial charge in [-0.2, -0.15) is 0 Å². The zero-order valence-corrected chi connectivity index (χ0v) is 13.4. The molecule has 3 rings (SSSR count). The van der Waals surface area contributed by atoms with Crippen molar-refractivity contribution < 1.29 is 5.11 Å². The molecule has 1 saturated carbocycles. The summed E-state index contributed by atoms with van der Waals surface area (Å²) in [7, 11) is 4.25. The molecule has 2 aromatic rings. The average Bonchev–Trinajstić information content (AvgIpc) is 3.06. The van der Waals surface area contributed by atoms with Crippen molar-refractivity contribution in [3.8, 4) is 0 Å². The van der Waals surface area contributed by atoms with Gasteiger partial charge in [0, 0.05) is 12.0 Å². The summed E-state index contributed by atoms with van der Waals surface area (Å²) in [4.78, 5) is 2.27. The van der Waals surface area contributed by atoms with Gasteiger partial charge in [-0.25, -0.2) is 0 Å². The summed E-state index contributed by atoms with van der Waals surface area (Å²) in [6.07, 6.45) is 3.39. The van der Waals surface area contributed by atoms with Gasteiger partial charge >= 0.3 is 0 Å². The first-order valence-corrected chi connectivity index (χ1v) is 8.14. The summed E-state index contributed by atoms with van der Waals surface area (Å²) < 4.78 is 0. The van der Waals surface area contributed by atoms with E-state index >= 15 is 0 Å². The first-order valence-electron chi connectivity index (χ1n) is 8.14. The van der Waals surface area contributed by atoms with E-state index in [9.17, 15) is 5.11 Å².